The molecule has 0 spiro atoms. The minimum atomic E-state index is 0.0470. The van der Waals surface area contributed by atoms with Crippen LogP contribution >= 0.6 is 0 Å². The van der Waals surface area contributed by atoms with Gasteiger partial charge >= 0.3 is 0 Å². The van der Waals surface area contributed by atoms with Crippen molar-refractivity contribution < 1.29 is 4.79 Å². The molecule has 2 unspecified atom stereocenters. The smallest absolute Gasteiger partial charge is 0.238 e. The van der Waals surface area contributed by atoms with Crippen LogP contribution in [-0.4, -0.2) is 29.9 Å². The van der Waals surface area contributed by atoms with E-state index in [0.717, 1.165) is 12.2 Å². The molecule has 1 aromatic carbocycles. The second-order valence-electron chi connectivity index (χ2n) is 5.63. The Kier molecular flexibility index (Phi) is 4.43. The van der Waals surface area contributed by atoms with E-state index in [-0.39, 0.29) is 5.91 Å². The van der Waals surface area contributed by atoms with Gasteiger partial charge in [-0.05, 0) is 49.9 Å². The lowest BCUT2D eigenvalue weighted by Gasteiger charge is -2.36. The first-order valence-corrected chi connectivity index (χ1v) is 6.94. The monoisotopic (exact) mass is 261 g/mol. The highest BCUT2D eigenvalue weighted by atomic mass is 16.2. The van der Waals surface area contributed by atoms with Gasteiger partial charge in [0.15, 0.2) is 0 Å². The molecule has 19 heavy (non-hydrogen) atoms. The summed E-state index contributed by atoms with van der Waals surface area (Å²) in [5.74, 6) is 0.728. The zero-order valence-electron chi connectivity index (χ0n) is 11.7. The van der Waals surface area contributed by atoms with Crippen LogP contribution < -0.4 is 11.1 Å². The van der Waals surface area contributed by atoms with Crippen LogP contribution in [0.3, 0.4) is 0 Å². The van der Waals surface area contributed by atoms with Gasteiger partial charge < -0.3 is 11.1 Å². The number of carbonyl (C=O) groups excluding carboxylic acids is 1. The lowest BCUT2D eigenvalue weighted by Crippen LogP contribution is -2.45. The van der Waals surface area contributed by atoms with Crippen molar-refractivity contribution in [3.05, 3.63) is 24.3 Å². The summed E-state index contributed by atoms with van der Waals surface area (Å²) in [5, 5.41) is 2.92. The maximum Gasteiger partial charge on any atom is 0.238 e. The summed E-state index contributed by atoms with van der Waals surface area (Å²) < 4.78 is 0. The van der Waals surface area contributed by atoms with Gasteiger partial charge in [-0.3, -0.25) is 9.69 Å². The SMILES string of the molecule is CC1CCC(C)N(CC(=O)Nc2ccc(N)cc2)C1. The Labute approximate surface area is 115 Å². The quantitative estimate of drug-likeness (QED) is 0.821. The van der Waals surface area contributed by atoms with Crippen LogP contribution in [0.4, 0.5) is 11.4 Å². The first-order chi connectivity index (χ1) is 9.04. The minimum absolute atomic E-state index is 0.0470. The van der Waals surface area contributed by atoms with Crippen molar-refractivity contribution in [2.24, 2.45) is 5.92 Å². The van der Waals surface area contributed by atoms with Crippen LogP contribution in [0.25, 0.3) is 0 Å². The second-order valence-corrected chi connectivity index (χ2v) is 5.63. The van der Waals surface area contributed by atoms with Crippen molar-refractivity contribution in [3.8, 4) is 0 Å². The van der Waals surface area contributed by atoms with Gasteiger partial charge in [0, 0.05) is 24.0 Å². The Morgan fingerprint density at radius 3 is 2.68 bits per heavy atom. The molecule has 3 N–H and O–H groups in total. The zero-order valence-corrected chi connectivity index (χ0v) is 11.7. The molecule has 0 bridgehead atoms. The van der Waals surface area contributed by atoms with Gasteiger partial charge in [-0.15, -0.1) is 0 Å². The lowest BCUT2D eigenvalue weighted by atomic mass is 9.95. The summed E-state index contributed by atoms with van der Waals surface area (Å²) in [6, 6.07) is 7.74. The third kappa shape index (κ3) is 3.96. The molecule has 1 amide bonds. The van der Waals surface area contributed by atoms with Crippen molar-refractivity contribution >= 4 is 17.3 Å². The molecule has 0 aromatic heterocycles. The van der Waals surface area contributed by atoms with Gasteiger partial charge in [0.05, 0.1) is 6.54 Å². The Hall–Kier alpha value is -1.55. The molecule has 104 valence electrons. The number of rotatable bonds is 3. The third-order valence-electron chi connectivity index (χ3n) is 3.79. The molecule has 1 aromatic rings. The normalized spacial score (nSPS) is 24.1. The maximum atomic E-state index is 12.0. The van der Waals surface area contributed by atoms with Crippen LogP contribution in [0.2, 0.25) is 0 Å². The highest BCUT2D eigenvalue weighted by molar-refractivity contribution is 5.92. The van der Waals surface area contributed by atoms with E-state index in [1.165, 1.54) is 12.8 Å². The number of anilines is 2. The van der Waals surface area contributed by atoms with E-state index in [2.05, 4.69) is 24.1 Å². The Morgan fingerprint density at radius 1 is 1.32 bits per heavy atom. The average molecular weight is 261 g/mol. The van der Waals surface area contributed by atoms with E-state index in [0.29, 0.717) is 24.2 Å². The first kappa shape index (κ1) is 13.9. The highest BCUT2D eigenvalue weighted by Crippen LogP contribution is 2.21. The molecule has 1 saturated heterocycles. The fraction of sp³-hybridized carbons (Fsp3) is 0.533. The molecule has 1 aliphatic rings. The number of nitrogens with two attached hydrogens (primary N) is 1. The topological polar surface area (TPSA) is 58.4 Å². The fourth-order valence-electron chi connectivity index (χ4n) is 2.55. The third-order valence-corrected chi connectivity index (χ3v) is 3.79. The van der Waals surface area contributed by atoms with Crippen LogP contribution in [0.5, 0.6) is 0 Å². The van der Waals surface area contributed by atoms with E-state index >= 15 is 0 Å². The maximum absolute atomic E-state index is 12.0. The molecule has 2 atom stereocenters. The van der Waals surface area contributed by atoms with Gasteiger partial charge in [0.2, 0.25) is 5.91 Å². The zero-order chi connectivity index (χ0) is 13.8. The fourth-order valence-corrected chi connectivity index (χ4v) is 2.55. The summed E-state index contributed by atoms with van der Waals surface area (Å²) in [7, 11) is 0. The average Bonchev–Trinajstić information content (AvgIpc) is 2.37. The number of carbonyl (C=O) groups is 1. The molecule has 2 rings (SSSR count). The number of hydrogen-bond donors (Lipinski definition) is 2. The summed E-state index contributed by atoms with van der Waals surface area (Å²) in [6.07, 6.45) is 2.44. The number of nitrogen functional groups attached to an aromatic ring is 1. The largest absolute Gasteiger partial charge is 0.399 e. The molecule has 1 aliphatic heterocycles. The summed E-state index contributed by atoms with van der Waals surface area (Å²) in [4.78, 5) is 14.3. The number of nitrogens with zero attached hydrogens (tertiary/aromatic N) is 1. The number of amides is 1. The van der Waals surface area contributed by atoms with Gasteiger partial charge in [0.25, 0.3) is 0 Å². The summed E-state index contributed by atoms with van der Waals surface area (Å²) in [6.45, 7) is 5.92. The van der Waals surface area contributed by atoms with E-state index in [4.69, 9.17) is 5.73 Å². The number of piperidine rings is 1. The van der Waals surface area contributed by atoms with E-state index in [9.17, 15) is 4.79 Å². The second kappa shape index (κ2) is 6.06. The van der Waals surface area contributed by atoms with Gasteiger partial charge in [-0.1, -0.05) is 6.92 Å². The molecular weight excluding hydrogens is 238 g/mol. The van der Waals surface area contributed by atoms with E-state index < -0.39 is 0 Å². The molecule has 0 saturated carbocycles. The highest BCUT2D eigenvalue weighted by Gasteiger charge is 2.24. The predicted octanol–water partition coefficient (Wildman–Crippen LogP) is 2.33. The number of likely N-dealkylation sites (tertiary alicyclic amines) is 1. The van der Waals surface area contributed by atoms with Crippen LogP contribution in [0.15, 0.2) is 24.3 Å². The lowest BCUT2D eigenvalue weighted by molar-refractivity contribution is -0.118. The number of nitrogens with one attached hydrogen (secondary N) is 1. The number of hydrogen-bond acceptors (Lipinski definition) is 3. The van der Waals surface area contributed by atoms with Gasteiger partial charge in [-0.25, -0.2) is 0 Å². The first-order valence-electron chi connectivity index (χ1n) is 6.94. The van der Waals surface area contributed by atoms with Crippen LogP contribution in [0.1, 0.15) is 26.7 Å². The van der Waals surface area contributed by atoms with Crippen molar-refractivity contribution in [3.63, 3.8) is 0 Å². The molecule has 4 heteroatoms. The van der Waals surface area contributed by atoms with Gasteiger partial charge in [-0.2, -0.15) is 0 Å². The molecule has 1 heterocycles. The van der Waals surface area contributed by atoms with Crippen molar-refractivity contribution in [1.82, 2.24) is 4.90 Å². The Morgan fingerprint density at radius 2 is 2.00 bits per heavy atom. The number of benzene rings is 1. The Bertz CT molecular complexity index is 430. The molecular formula is C15H23N3O. The van der Waals surface area contributed by atoms with Gasteiger partial charge in [0.1, 0.15) is 0 Å². The van der Waals surface area contributed by atoms with Crippen molar-refractivity contribution in [2.45, 2.75) is 32.7 Å². The van der Waals surface area contributed by atoms with E-state index in [1.54, 1.807) is 12.1 Å². The summed E-state index contributed by atoms with van der Waals surface area (Å²) >= 11 is 0. The molecule has 4 nitrogen and oxygen atoms in total. The van der Waals surface area contributed by atoms with Crippen LogP contribution in [0, 0.1) is 5.92 Å². The predicted molar refractivity (Wildman–Crippen MR) is 78.9 cm³/mol. The molecule has 0 radical (unpaired) electrons. The molecule has 1 fully saturated rings. The van der Waals surface area contributed by atoms with Crippen LogP contribution in [-0.2, 0) is 4.79 Å². The summed E-state index contributed by atoms with van der Waals surface area (Å²) in [5.41, 5.74) is 7.13. The van der Waals surface area contributed by atoms with E-state index in [1.807, 2.05) is 12.1 Å². The van der Waals surface area contributed by atoms with Crippen molar-refractivity contribution in [2.75, 3.05) is 24.1 Å². The minimum Gasteiger partial charge on any atom is -0.399 e. The Balaban J connectivity index is 1.88. The molecule has 0 aliphatic carbocycles. The van der Waals surface area contributed by atoms with Crippen molar-refractivity contribution in [1.29, 1.82) is 0 Å². The standard InChI is InChI=1S/C15H23N3O/c1-11-3-4-12(2)18(9-11)10-15(19)17-14-7-5-13(16)6-8-14/h5-8,11-12H,3-4,9-10,16H2,1-2H3,(H,17,19).